The van der Waals surface area contributed by atoms with E-state index in [1.54, 1.807) is 13.3 Å². The van der Waals surface area contributed by atoms with Crippen LogP contribution in [0.25, 0.3) is 0 Å². The van der Waals surface area contributed by atoms with E-state index in [-0.39, 0.29) is 0 Å². The minimum absolute atomic E-state index is 0.303. The van der Waals surface area contributed by atoms with E-state index < -0.39 is 5.60 Å². The first kappa shape index (κ1) is 21.0. The van der Waals surface area contributed by atoms with Gasteiger partial charge < -0.3 is 19.1 Å². The summed E-state index contributed by atoms with van der Waals surface area (Å²) in [6, 6.07) is 1.95. The van der Waals surface area contributed by atoms with E-state index in [9.17, 15) is 0 Å². The van der Waals surface area contributed by atoms with Gasteiger partial charge >= 0.3 is 0 Å². The maximum absolute atomic E-state index is 6.26. The van der Waals surface area contributed by atoms with Gasteiger partial charge in [0.15, 0.2) is 0 Å². The van der Waals surface area contributed by atoms with Crippen LogP contribution < -0.4 is 4.90 Å². The first-order valence-electron chi connectivity index (χ1n) is 10.3. The van der Waals surface area contributed by atoms with Gasteiger partial charge in [-0.3, -0.25) is 0 Å². The third-order valence-electron chi connectivity index (χ3n) is 5.29. The van der Waals surface area contributed by atoms with Gasteiger partial charge in [0.2, 0.25) is 5.82 Å². The predicted octanol–water partition coefficient (Wildman–Crippen LogP) is 3.19. The number of anilines is 1. The van der Waals surface area contributed by atoms with Gasteiger partial charge in [0.25, 0.3) is 0 Å². The second kappa shape index (κ2) is 9.21. The third kappa shape index (κ3) is 5.91. The molecular formula is C22H33N3O3. The van der Waals surface area contributed by atoms with Crippen LogP contribution in [-0.4, -0.2) is 60.2 Å². The van der Waals surface area contributed by atoms with Crippen molar-refractivity contribution in [2.75, 3.05) is 25.1 Å². The van der Waals surface area contributed by atoms with E-state index in [0.717, 1.165) is 44.6 Å². The van der Waals surface area contributed by atoms with Crippen LogP contribution in [0.1, 0.15) is 59.2 Å². The summed E-state index contributed by atoms with van der Waals surface area (Å²) < 4.78 is 17.4. The Hall–Kier alpha value is -1.68. The number of nitrogens with zero attached hydrogens (tertiary/aromatic N) is 3. The Balaban J connectivity index is 1.47. The normalized spacial score (nSPS) is 23.3. The molecule has 0 N–H and O–H groups in total. The molecule has 1 saturated heterocycles. The Kier molecular flexibility index (Phi) is 6.92. The van der Waals surface area contributed by atoms with Crippen LogP contribution in [0.15, 0.2) is 12.3 Å². The number of methoxy groups -OCH3 is 1. The van der Waals surface area contributed by atoms with Crippen LogP contribution in [0.5, 0.6) is 0 Å². The molecule has 1 aliphatic carbocycles. The molecule has 0 spiro atoms. The molecule has 2 fully saturated rings. The van der Waals surface area contributed by atoms with Crippen molar-refractivity contribution >= 4 is 5.82 Å². The third-order valence-corrected chi connectivity index (χ3v) is 5.29. The maximum atomic E-state index is 6.26. The van der Waals surface area contributed by atoms with Crippen molar-refractivity contribution in [2.45, 2.75) is 83.4 Å². The van der Waals surface area contributed by atoms with Crippen molar-refractivity contribution in [3.05, 3.63) is 18.1 Å². The molecule has 1 aromatic heterocycles. The Morgan fingerprint density at radius 3 is 2.50 bits per heavy atom. The van der Waals surface area contributed by atoms with Crippen LogP contribution in [0.4, 0.5) is 5.82 Å². The molecule has 3 rings (SSSR count). The lowest BCUT2D eigenvalue weighted by atomic mass is 9.91. The number of rotatable bonds is 6. The molecule has 0 radical (unpaired) electrons. The molecular weight excluding hydrogens is 354 g/mol. The summed E-state index contributed by atoms with van der Waals surface area (Å²) in [7, 11) is 1.65. The fourth-order valence-corrected chi connectivity index (χ4v) is 3.46. The highest BCUT2D eigenvalue weighted by molar-refractivity contribution is 5.40. The van der Waals surface area contributed by atoms with Crippen molar-refractivity contribution in [3.63, 3.8) is 0 Å². The summed E-state index contributed by atoms with van der Waals surface area (Å²) >= 11 is 0. The summed E-state index contributed by atoms with van der Waals surface area (Å²) in [6.45, 7) is 9.91. The Morgan fingerprint density at radius 1 is 1.14 bits per heavy atom. The first-order chi connectivity index (χ1) is 13.3. The number of hydrogen-bond acceptors (Lipinski definition) is 6. The lowest BCUT2D eigenvalue weighted by Gasteiger charge is -2.40. The van der Waals surface area contributed by atoms with Crippen LogP contribution in [0.3, 0.4) is 0 Å². The van der Waals surface area contributed by atoms with Crippen molar-refractivity contribution in [1.82, 2.24) is 9.97 Å². The zero-order chi connectivity index (χ0) is 20.1. The standard InChI is InChI=1S/C22H33N3O3/c1-16(2)27-18-14-19(15-18)28-17-8-12-25(13-9-17)21-7-11-23-20(24-21)6-10-22(3,4)26-5/h7,11,16-19H,8-9,12-15H2,1-5H3. The summed E-state index contributed by atoms with van der Waals surface area (Å²) in [5.41, 5.74) is -0.504. The summed E-state index contributed by atoms with van der Waals surface area (Å²) in [5, 5.41) is 0. The summed E-state index contributed by atoms with van der Waals surface area (Å²) in [6.07, 6.45) is 7.27. The molecule has 6 heteroatoms. The van der Waals surface area contributed by atoms with Gasteiger partial charge in [-0.15, -0.1) is 0 Å². The topological polar surface area (TPSA) is 56.7 Å². The molecule has 0 aromatic carbocycles. The second-order valence-corrected chi connectivity index (χ2v) is 8.43. The highest BCUT2D eigenvalue weighted by Gasteiger charge is 2.34. The molecule has 1 aromatic rings. The molecule has 0 atom stereocenters. The van der Waals surface area contributed by atoms with Gasteiger partial charge in [0.1, 0.15) is 11.4 Å². The number of aromatic nitrogens is 2. The van der Waals surface area contributed by atoms with Gasteiger partial charge in [0, 0.05) is 26.4 Å². The zero-order valence-electron chi connectivity index (χ0n) is 17.8. The second-order valence-electron chi connectivity index (χ2n) is 8.43. The fourth-order valence-electron chi connectivity index (χ4n) is 3.46. The summed E-state index contributed by atoms with van der Waals surface area (Å²) in [5.74, 6) is 7.55. The van der Waals surface area contributed by atoms with E-state index in [4.69, 9.17) is 14.2 Å². The van der Waals surface area contributed by atoms with Gasteiger partial charge in [-0.25, -0.2) is 9.97 Å². The molecule has 0 amide bonds. The molecule has 28 heavy (non-hydrogen) atoms. The average molecular weight is 388 g/mol. The van der Waals surface area contributed by atoms with E-state index >= 15 is 0 Å². The number of ether oxygens (including phenoxy) is 3. The molecule has 0 unspecified atom stereocenters. The molecule has 2 aliphatic rings. The lowest BCUT2D eigenvalue weighted by Crippen LogP contribution is -2.44. The van der Waals surface area contributed by atoms with Crippen LogP contribution in [0.2, 0.25) is 0 Å². The van der Waals surface area contributed by atoms with Crippen molar-refractivity contribution < 1.29 is 14.2 Å². The smallest absolute Gasteiger partial charge is 0.206 e. The fraction of sp³-hybridized carbons (Fsp3) is 0.727. The van der Waals surface area contributed by atoms with Crippen molar-refractivity contribution in [2.24, 2.45) is 0 Å². The SMILES string of the molecule is COC(C)(C)C#Cc1nccc(N2CCC(OC3CC(OC(C)C)C3)CC2)n1. The Bertz CT molecular complexity index is 696. The molecule has 2 heterocycles. The van der Waals surface area contributed by atoms with Gasteiger partial charge in [-0.1, -0.05) is 5.92 Å². The highest BCUT2D eigenvalue weighted by atomic mass is 16.5. The van der Waals surface area contributed by atoms with Gasteiger partial charge in [0.05, 0.1) is 24.4 Å². The predicted molar refractivity (Wildman–Crippen MR) is 109 cm³/mol. The van der Waals surface area contributed by atoms with E-state index in [2.05, 4.69) is 40.6 Å². The minimum Gasteiger partial charge on any atom is -0.375 e. The van der Waals surface area contributed by atoms with Crippen LogP contribution in [-0.2, 0) is 14.2 Å². The summed E-state index contributed by atoms with van der Waals surface area (Å²) in [4.78, 5) is 11.2. The monoisotopic (exact) mass is 387 g/mol. The van der Waals surface area contributed by atoms with E-state index in [0.29, 0.717) is 30.2 Å². The Labute approximate surface area is 169 Å². The molecule has 1 saturated carbocycles. The zero-order valence-corrected chi connectivity index (χ0v) is 17.8. The molecule has 0 bridgehead atoms. The van der Waals surface area contributed by atoms with Crippen molar-refractivity contribution in [1.29, 1.82) is 0 Å². The molecule has 6 nitrogen and oxygen atoms in total. The number of piperidine rings is 1. The van der Waals surface area contributed by atoms with E-state index in [1.807, 2.05) is 19.9 Å². The van der Waals surface area contributed by atoms with Crippen molar-refractivity contribution in [3.8, 4) is 11.8 Å². The van der Waals surface area contributed by atoms with Gasteiger partial charge in [-0.05, 0) is 65.4 Å². The maximum Gasteiger partial charge on any atom is 0.206 e. The average Bonchev–Trinajstić information content (AvgIpc) is 2.65. The van der Waals surface area contributed by atoms with Crippen LogP contribution in [0, 0.1) is 11.8 Å². The lowest BCUT2D eigenvalue weighted by molar-refractivity contribution is -0.141. The number of hydrogen-bond donors (Lipinski definition) is 0. The first-order valence-corrected chi connectivity index (χ1v) is 10.3. The van der Waals surface area contributed by atoms with Gasteiger partial charge in [-0.2, -0.15) is 0 Å². The minimum atomic E-state index is -0.504. The highest BCUT2D eigenvalue weighted by Crippen LogP contribution is 2.30. The van der Waals surface area contributed by atoms with Crippen LogP contribution >= 0.6 is 0 Å². The Morgan fingerprint density at radius 2 is 1.86 bits per heavy atom. The molecule has 1 aliphatic heterocycles. The molecule has 154 valence electrons. The quantitative estimate of drug-likeness (QED) is 0.699. The largest absolute Gasteiger partial charge is 0.375 e. The van der Waals surface area contributed by atoms with E-state index in [1.165, 1.54) is 0 Å².